The molecule has 0 radical (unpaired) electrons. The van der Waals surface area contributed by atoms with Crippen molar-refractivity contribution in [2.45, 2.75) is 18.9 Å². The maximum Gasteiger partial charge on any atom is 0.260 e. The lowest BCUT2D eigenvalue weighted by Crippen LogP contribution is -2.41. The predicted molar refractivity (Wildman–Crippen MR) is 88.9 cm³/mol. The molecule has 23 heavy (non-hydrogen) atoms. The number of carbonyl (C=O) groups is 1. The zero-order valence-corrected chi connectivity index (χ0v) is 14.0. The van der Waals surface area contributed by atoms with Gasteiger partial charge in [-0.05, 0) is 25.0 Å². The van der Waals surface area contributed by atoms with Gasteiger partial charge in [-0.1, -0.05) is 23.7 Å². The second-order valence-electron chi connectivity index (χ2n) is 6.01. The Bertz CT molecular complexity index is 534. The van der Waals surface area contributed by atoms with Crippen molar-refractivity contribution in [1.29, 1.82) is 0 Å². The van der Waals surface area contributed by atoms with Gasteiger partial charge in [-0.25, -0.2) is 0 Å². The topological polar surface area (TPSA) is 42.0 Å². The highest BCUT2D eigenvalue weighted by Gasteiger charge is 2.26. The summed E-state index contributed by atoms with van der Waals surface area (Å²) in [5, 5.41) is 0.531. The molecule has 2 aliphatic heterocycles. The molecule has 1 unspecified atom stereocenters. The number of benzene rings is 1. The minimum absolute atomic E-state index is 0.0226. The number of para-hydroxylation sites is 1. The van der Waals surface area contributed by atoms with Crippen LogP contribution in [0.3, 0.4) is 0 Å². The van der Waals surface area contributed by atoms with Gasteiger partial charge < -0.3 is 14.4 Å². The van der Waals surface area contributed by atoms with Crippen LogP contribution in [0.5, 0.6) is 5.75 Å². The quantitative estimate of drug-likeness (QED) is 0.842. The summed E-state index contributed by atoms with van der Waals surface area (Å²) in [5.41, 5.74) is 0. The van der Waals surface area contributed by atoms with Crippen LogP contribution < -0.4 is 4.74 Å². The fourth-order valence-electron chi connectivity index (χ4n) is 3.15. The monoisotopic (exact) mass is 338 g/mol. The molecule has 1 amide bonds. The summed E-state index contributed by atoms with van der Waals surface area (Å²) >= 11 is 6.04. The molecule has 1 aromatic carbocycles. The molecule has 2 fully saturated rings. The largest absolute Gasteiger partial charge is 0.482 e. The van der Waals surface area contributed by atoms with Gasteiger partial charge in [-0.15, -0.1) is 0 Å². The van der Waals surface area contributed by atoms with E-state index < -0.39 is 0 Å². The van der Waals surface area contributed by atoms with Crippen molar-refractivity contribution in [3.05, 3.63) is 29.3 Å². The fourth-order valence-corrected chi connectivity index (χ4v) is 3.34. The fraction of sp³-hybridized carbons (Fsp3) is 0.588. The Hall–Kier alpha value is -1.30. The summed E-state index contributed by atoms with van der Waals surface area (Å²) in [4.78, 5) is 16.7. The van der Waals surface area contributed by atoms with Crippen molar-refractivity contribution in [2.75, 3.05) is 46.0 Å². The second-order valence-corrected chi connectivity index (χ2v) is 6.41. The number of hydrogen-bond donors (Lipinski definition) is 0. The maximum atomic E-state index is 12.4. The molecule has 0 aromatic heterocycles. The zero-order chi connectivity index (χ0) is 16.1. The van der Waals surface area contributed by atoms with E-state index in [2.05, 4.69) is 4.90 Å². The molecule has 6 heteroatoms. The Kier molecular flexibility index (Phi) is 5.75. The molecule has 3 rings (SSSR count). The lowest BCUT2D eigenvalue weighted by Gasteiger charge is -2.26. The minimum Gasteiger partial charge on any atom is -0.482 e. The third-order valence-electron chi connectivity index (χ3n) is 4.49. The minimum atomic E-state index is 0.0226. The van der Waals surface area contributed by atoms with E-state index in [4.69, 9.17) is 21.1 Å². The Labute approximate surface area is 142 Å². The molecule has 0 bridgehead atoms. The van der Waals surface area contributed by atoms with Crippen LogP contribution in [0.15, 0.2) is 24.3 Å². The van der Waals surface area contributed by atoms with Gasteiger partial charge in [-0.2, -0.15) is 0 Å². The smallest absolute Gasteiger partial charge is 0.260 e. The van der Waals surface area contributed by atoms with Crippen LogP contribution in [0.2, 0.25) is 5.02 Å². The van der Waals surface area contributed by atoms with E-state index in [9.17, 15) is 4.79 Å². The van der Waals surface area contributed by atoms with Crippen LogP contribution in [0.25, 0.3) is 0 Å². The molecule has 0 aliphatic carbocycles. The Morgan fingerprint density at radius 2 is 2.13 bits per heavy atom. The molecular formula is C17H23ClN2O3. The Morgan fingerprint density at radius 1 is 1.26 bits per heavy atom. The van der Waals surface area contributed by atoms with E-state index in [-0.39, 0.29) is 12.5 Å². The molecule has 1 aromatic rings. The number of amides is 1. The van der Waals surface area contributed by atoms with E-state index in [1.807, 2.05) is 17.0 Å². The Balaban J connectivity index is 1.49. The van der Waals surface area contributed by atoms with Crippen LogP contribution in [-0.2, 0) is 9.53 Å². The SMILES string of the molecule is O=C(COc1ccccc1Cl)N1CCCN(C2CCOC2)CC1. The number of carbonyl (C=O) groups excluding carboxylic acids is 1. The molecule has 0 spiro atoms. The highest BCUT2D eigenvalue weighted by molar-refractivity contribution is 6.32. The highest BCUT2D eigenvalue weighted by Crippen LogP contribution is 2.23. The third kappa shape index (κ3) is 4.37. The van der Waals surface area contributed by atoms with Crippen LogP contribution in [-0.4, -0.2) is 67.7 Å². The summed E-state index contributed by atoms with van der Waals surface area (Å²) in [6.07, 6.45) is 2.10. The molecule has 0 saturated carbocycles. The summed E-state index contributed by atoms with van der Waals surface area (Å²) < 4.78 is 11.0. The van der Waals surface area contributed by atoms with Crippen LogP contribution >= 0.6 is 11.6 Å². The zero-order valence-electron chi connectivity index (χ0n) is 13.2. The van der Waals surface area contributed by atoms with Crippen molar-refractivity contribution < 1.29 is 14.3 Å². The standard InChI is InChI=1S/C17H23ClN2O3/c18-15-4-1-2-5-16(15)23-13-17(21)20-8-3-7-19(9-10-20)14-6-11-22-12-14/h1-2,4-5,14H,3,6-13H2. The molecule has 2 heterocycles. The van der Waals surface area contributed by atoms with Crippen molar-refractivity contribution in [1.82, 2.24) is 9.80 Å². The highest BCUT2D eigenvalue weighted by atomic mass is 35.5. The van der Waals surface area contributed by atoms with E-state index >= 15 is 0 Å². The normalized spacial score (nSPS) is 22.8. The van der Waals surface area contributed by atoms with Gasteiger partial charge in [0, 0.05) is 38.8 Å². The molecule has 126 valence electrons. The van der Waals surface area contributed by atoms with Gasteiger partial charge in [0.15, 0.2) is 6.61 Å². The van der Waals surface area contributed by atoms with Gasteiger partial charge in [-0.3, -0.25) is 9.69 Å². The first-order valence-electron chi connectivity index (χ1n) is 8.21. The van der Waals surface area contributed by atoms with Gasteiger partial charge in [0.05, 0.1) is 11.6 Å². The van der Waals surface area contributed by atoms with Gasteiger partial charge in [0.1, 0.15) is 5.75 Å². The van der Waals surface area contributed by atoms with Crippen molar-refractivity contribution in [2.24, 2.45) is 0 Å². The first kappa shape index (κ1) is 16.6. The number of rotatable bonds is 4. The van der Waals surface area contributed by atoms with Crippen molar-refractivity contribution >= 4 is 17.5 Å². The molecule has 0 N–H and O–H groups in total. The predicted octanol–water partition coefficient (Wildman–Crippen LogP) is 2.04. The average molecular weight is 339 g/mol. The van der Waals surface area contributed by atoms with E-state index in [0.29, 0.717) is 16.8 Å². The van der Waals surface area contributed by atoms with E-state index in [1.165, 1.54) is 0 Å². The Morgan fingerprint density at radius 3 is 2.91 bits per heavy atom. The summed E-state index contributed by atoms with van der Waals surface area (Å²) in [5.74, 6) is 0.580. The number of nitrogens with zero attached hydrogens (tertiary/aromatic N) is 2. The van der Waals surface area contributed by atoms with Gasteiger partial charge >= 0.3 is 0 Å². The third-order valence-corrected chi connectivity index (χ3v) is 4.81. The van der Waals surface area contributed by atoms with Gasteiger partial charge in [0.25, 0.3) is 5.91 Å². The number of hydrogen-bond acceptors (Lipinski definition) is 4. The molecule has 2 saturated heterocycles. The lowest BCUT2D eigenvalue weighted by molar-refractivity contribution is -0.133. The van der Waals surface area contributed by atoms with E-state index in [1.54, 1.807) is 12.1 Å². The van der Waals surface area contributed by atoms with Crippen molar-refractivity contribution in [3.8, 4) is 5.75 Å². The average Bonchev–Trinajstić information content (AvgIpc) is 2.98. The first-order valence-corrected chi connectivity index (χ1v) is 8.59. The maximum absolute atomic E-state index is 12.4. The first-order chi connectivity index (χ1) is 11.2. The summed E-state index contributed by atoms with van der Waals surface area (Å²) in [7, 11) is 0. The van der Waals surface area contributed by atoms with Gasteiger partial charge in [0.2, 0.25) is 0 Å². The molecule has 1 atom stereocenters. The molecule has 2 aliphatic rings. The lowest BCUT2D eigenvalue weighted by atomic mass is 10.2. The number of halogens is 1. The molecule has 5 nitrogen and oxygen atoms in total. The van der Waals surface area contributed by atoms with E-state index in [0.717, 1.165) is 52.2 Å². The van der Waals surface area contributed by atoms with Crippen LogP contribution in [0.4, 0.5) is 0 Å². The second kappa shape index (κ2) is 7.99. The van der Waals surface area contributed by atoms with Crippen LogP contribution in [0.1, 0.15) is 12.8 Å². The number of ether oxygens (including phenoxy) is 2. The van der Waals surface area contributed by atoms with Crippen LogP contribution in [0, 0.1) is 0 Å². The van der Waals surface area contributed by atoms with Crippen molar-refractivity contribution in [3.63, 3.8) is 0 Å². The summed E-state index contributed by atoms with van der Waals surface area (Å²) in [6, 6.07) is 7.74. The summed E-state index contributed by atoms with van der Waals surface area (Å²) in [6.45, 7) is 5.19. The molecular weight excluding hydrogens is 316 g/mol.